The fourth-order valence-electron chi connectivity index (χ4n) is 4.93. The highest BCUT2D eigenvalue weighted by Crippen LogP contribution is 2.39. The van der Waals surface area contributed by atoms with Gasteiger partial charge in [-0.3, -0.25) is 9.36 Å². The number of aryl methyl sites for hydroxylation is 1. The van der Waals surface area contributed by atoms with Gasteiger partial charge in [-0.2, -0.15) is 0 Å². The third kappa shape index (κ3) is 4.77. The van der Waals surface area contributed by atoms with Crippen LogP contribution in [0.1, 0.15) is 23.3 Å². The number of piperazine rings is 1. The van der Waals surface area contributed by atoms with Gasteiger partial charge in [0.05, 0.1) is 12.1 Å². The molecule has 9 nitrogen and oxygen atoms in total. The van der Waals surface area contributed by atoms with Crippen LogP contribution in [-0.4, -0.2) is 58.6 Å². The maximum absolute atomic E-state index is 15.5. The van der Waals surface area contributed by atoms with Crippen LogP contribution >= 0.6 is 0 Å². The lowest BCUT2D eigenvalue weighted by Gasteiger charge is -2.34. The molecule has 3 heterocycles. The second-order valence-corrected chi connectivity index (χ2v) is 10.1. The van der Waals surface area contributed by atoms with Crippen molar-refractivity contribution in [2.75, 3.05) is 43.4 Å². The normalized spacial score (nSPS) is 15.8. The van der Waals surface area contributed by atoms with Gasteiger partial charge in [0.2, 0.25) is 11.8 Å². The quantitative estimate of drug-likeness (QED) is 0.320. The summed E-state index contributed by atoms with van der Waals surface area (Å²) >= 11 is 0. The number of hydrogen-bond donors (Lipinski definition) is 1. The SMILES string of the molecule is [C-]#[N+]c1c(Nc2ccc(N3CCN(C)CC3)cc2)ncnc1Oc1ccc2c(cc(C)n2C(=O)C2CC2)c1F. The van der Waals surface area contributed by atoms with Gasteiger partial charge in [0.15, 0.2) is 11.6 Å². The molecule has 2 aliphatic rings. The first-order valence-corrected chi connectivity index (χ1v) is 13.0. The zero-order valence-electron chi connectivity index (χ0n) is 21.8. The van der Waals surface area contributed by atoms with E-state index in [2.05, 4.69) is 37.0 Å². The summed E-state index contributed by atoms with van der Waals surface area (Å²) in [5.41, 5.74) is 3.11. The topological polar surface area (TPSA) is 79.9 Å². The molecule has 0 bridgehead atoms. The summed E-state index contributed by atoms with van der Waals surface area (Å²) in [5.74, 6) is -0.477. The predicted molar refractivity (Wildman–Crippen MR) is 148 cm³/mol. The maximum atomic E-state index is 15.5. The Labute approximate surface area is 225 Å². The van der Waals surface area contributed by atoms with Crippen molar-refractivity contribution in [3.8, 4) is 11.6 Å². The molecule has 2 aromatic carbocycles. The molecule has 1 aliphatic carbocycles. The fourth-order valence-corrected chi connectivity index (χ4v) is 4.93. The van der Waals surface area contributed by atoms with Gasteiger partial charge in [0, 0.05) is 54.6 Å². The number of nitrogens with zero attached hydrogens (tertiary/aromatic N) is 6. The van der Waals surface area contributed by atoms with Crippen LogP contribution in [0.2, 0.25) is 0 Å². The van der Waals surface area contributed by atoms with Gasteiger partial charge in [-0.15, -0.1) is 0 Å². The Balaban J connectivity index is 1.24. The second-order valence-electron chi connectivity index (χ2n) is 10.1. The standard InChI is InChI=1S/C29H28FN7O2/c1-18-16-22-23(37(18)29(38)19-4-5-19)10-11-24(25(22)30)39-28-26(31-2)27(32-17-33-28)34-20-6-8-21(9-7-20)36-14-12-35(3)13-15-36/h6-11,16-17,19H,4-5,12-15H2,1,3H3,(H,32,33,34). The van der Waals surface area contributed by atoms with Crippen LogP contribution in [0.25, 0.3) is 15.7 Å². The number of aromatic nitrogens is 3. The number of rotatable bonds is 6. The lowest BCUT2D eigenvalue weighted by atomic mass is 10.2. The van der Waals surface area contributed by atoms with E-state index in [1.807, 2.05) is 24.3 Å². The van der Waals surface area contributed by atoms with Gasteiger partial charge in [0.25, 0.3) is 5.69 Å². The van der Waals surface area contributed by atoms with E-state index >= 15 is 4.39 Å². The van der Waals surface area contributed by atoms with Crippen molar-refractivity contribution in [2.24, 2.45) is 5.92 Å². The fraction of sp³-hybridized carbons (Fsp3) is 0.310. The van der Waals surface area contributed by atoms with E-state index in [-0.39, 0.29) is 40.3 Å². The molecular formula is C29H28FN7O2. The number of likely N-dealkylation sites (N-methyl/N-ethyl adjacent to an activating group) is 1. The molecule has 1 aliphatic heterocycles. The minimum absolute atomic E-state index is 0.00561. The van der Waals surface area contributed by atoms with Gasteiger partial charge < -0.3 is 19.9 Å². The molecule has 2 aromatic heterocycles. The largest absolute Gasteiger partial charge is 0.446 e. The minimum atomic E-state index is -0.610. The average molecular weight is 526 g/mol. The number of fused-ring (bicyclic) bond motifs is 1. The van der Waals surface area contributed by atoms with Crippen molar-refractivity contribution in [3.63, 3.8) is 0 Å². The van der Waals surface area contributed by atoms with Crippen LogP contribution in [0.15, 0.2) is 48.8 Å². The Morgan fingerprint density at radius 2 is 1.85 bits per heavy atom. The van der Waals surface area contributed by atoms with Gasteiger partial charge in [-0.25, -0.2) is 19.2 Å². The van der Waals surface area contributed by atoms with E-state index in [0.29, 0.717) is 11.2 Å². The van der Waals surface area contributed by atoms with Crippen LogP contribution in [0.3, 0.4) is 0 Å². The number of carbonyl (C=O) groups excluding carboxylic acids is 1. The van der Waals surface area contributed by atoms with E-state index < -0.39 is 5.82 Å². The van der Waals surface area contributed by atoms with Gasteiger partial charge in [-0.1, -0.05) is 0 Å². The van der Waals surface area contributed by atoms with Gasteiger partial charge in [0.1, 0.15) is 12.1 Å². The molecule has 4 aromatic rings. The molecule has 1 saturated carbocycles. The molecule has 0 unspecified atom stereocenters. The number of hydrogen-bond acceptors (Lipinski definition) is 7. The summed E-state index contributed by atoms with van der Waals surface area (Å²) in [6.45, 7) is 13.5. The molecule has 39 heavy (non-hydrogen) atoms. The summed E-state index contributed by atoms with van der Waals surface area (Å²) < 4.78 is 22.9. The molecule has 6 rings (SSSR count). The summed E-state index contributed by atoms with van der Waals surface area (Å²) in [6.07, 6.45) is 3.01. The molecule has 1 saturated heterocycles. The summed E-state index contributed by atoms with van der Waals surface area (Å²) in [5, 5.41) is 3.45. The highest BCUT2D eigenvalue weighted by Gasteiger charge is 2.32. The second kappa shape index (κ2) is 10.0. The van der Waals surface area contributed by atoms with Crippen LogP contribution in [0.4, 0.5) is 27.3 Å². The predicted octanol–water partition coefficient (Wildman–Crippen LogP) is 5.77. The molecule has 198 valence electrons. The van der Waals surface area contributed by atoms with Crippen molar-refractivity contribution >= 4 is 39.7 Å². The smallest absolute Gasteiger partial charge is 0.288 e. The zero-order chi connectivity index (χ0) is 27.1. The summed E-state index contributed by atoms with van der Waals surface area (Å²) in [6, 6.07) is 12.7. The van der Waals surface area contributed by atoms with E-state index in [1.165, 1.54) is 12.4 Å². The van der Waals surface area contributed by atoms with Crippen LogP contribution in [0.5, 0.6) is 11.6 Å². The van der Waals surface area contributed by atoms with Crippen molar-refractivity contribution < 1.29 is 13.9 Å². The highest BCUT2D eigenvalue weighted by atomic mass is 19.1. The summed E-state index contributed by atoms with van der Waals surface area (Å²) in [7, 11) is 2.13. The number of halogens is 1. The lowest BCUT2D eigenvalue weighted by molar-refractivity contribution is 0.0889. The van der Waals surface area contributed by atoms with E-state index in [4.69, 9.17) is 11.3 Å². The average Bonchev–Trinajstić information content (AvgIpc) is 3.74. The number of nitrogens with one attached hydrogen (secondary N) is 1. The number of benzene rings is 2. The number of anilines is 3. The van der Waals surface area contributed by atoms with E-state index in [0.717, 1.165) is 50.4 Å². The Bertz CT molecular complexity index is 1600. The first kappa shape index (κ1) is 24.8. The van der Waals surface area contributed by atoms with Gasteiger partial charge >= 0.3 is 0 Å². The Morgan fingerprint density at radius 3 is 2.54 bits per heavy atom. The number of carbonyl (C=O) groups is 1. The zero-order valence-corrected chi connectivity index (χ0v) is 21.8. The van der Waals surface area contributed by atoms with E-state index in [1.54, 1.807) is 23.6 Å². The molecule has 2 fully saturated rings. The first-order chi connectivity index (χ1) is 18.9. The molecule has 0 spiro atoms. The van der Waals surface area contributed by atoms with Crippen LogP contribution in [0, 0.1) is 25.2 Å². The molecule has 0 atom stereocenters. The van der Waals surface area contributed by atoms with Crippen LogP contribution in [-0.2, 0) is 0 Å². The Morgan fingerprint density at radius 1 is 1.10 bits per heavy atom. The molecule has 0 amide bonds. The van der Waals surface area contributed by atoms with Crippen molar-refractivity contribution in [3.05, 3.63) is 71.7 Å². The van der Waals surface area contributed by atoms with Crippen molar-refractivity contribution in [1.29, 1.82) is 0 Å². The maximum Gasteiger partial charge on any atom is 0.288 e. The first-order valence-electron chi connectivity index (χ1n) is 13.0. The molecule has 10 heteroatoms. The molecule has 0 radical (unpaired) electrons. The van der Waals surface area contributed by atoms with Crippen LogP contribution < -0.4 is 15.0 Å². The lowest BCUT2D eigenvalue weighted by Crippen LogP contribution is -2.44. The van der Waals surface area contributed by atoms with Gasteiger partial charge in [-0.05, 0) is 69.3 Å². The molecular weight excluding hydrogens is 497 g/mol. The number of ether oxygens (including phenoxy) is 1. The highest BCUT2D eigenvalue weighted by molar-refractivity contribution is 5.96. The Hall–Kier alpha value is -4.49. The third-order valence-corrected chi connectivity index (χ3v) is 7.32. The molecule has 1 N–H and O–H groups in total. The van der Waals surface area contributed by atoms with E-state index in [9.17, 15) is 4.79 Å². The van der Waals surface area contributed by atoms with Crippen molar-refractivity contribution in [2.45, 2.75) is 19.8 Å². The minimum Gasteiger partial charge on any atom is -0.446 e. The monoisotopic (exact) mass is 525 g/mol. The summed E-state index contributed by atoms with van der Waals surface area (Å²) in [4.78, 5) is 29.3. The Kier molecular flexibility index (Phi) is 6.37. The third-order valence-electron chi connectivity index (χ3n) is 7.32. The van der Waals surface area contributed by atoms with Crippen molar-refractivity contribution in [1.82, 2.24) is 19.4 Å².